The van der Waals surface area contributed by atoms with Gasteiger partial charge in [-0.15, -0.1) is 22.7 Å². The van der Waals surface area contributed by atoms with Crippen molar-refractivity contribution in [3.05, 3.63) is 28.1 Å². The predicted molar refractivity (Wildman–Crippen MR) is 95.0 cm³/mol. The molecule has 2 amide bonds. The molecule has 0 bridgehead atoms. The van der Waals surface area contributed by atoms with Gasteiger partial charge >= 0.3 is 0 Å². The maximum Gasteiger partial charge on any atom is 0.266 e. The highest BCUT2D eigenvalue weighted by Crippen LogP contribution is 2.31. The molecule has 0 saturated heterocycles. The van der Waals surface area contributed by atoms with E-state index in [4.69, 9.17) is 0 Å². The second-order valence-corrected chi connectivity index (χ2v) is 7.40. The topological polar surface area (TPSA) is 62.3 Å². The molecule has 0 spiro atoms. The lowest BCUT2D eigenvalue weighted by atomic mass is 10.3. The smallest absolute Gasteiger partial charge is 0.266 e. The maximum atomic E-state index is 12.7. The van der Waals surface area contributed by atoms with Crippen LogP contribution in [0.1, 0.15) is 36.1 Å². The van der Waals surface area contributed by atoms with E-state index in [2.05, 4.69) is 10.3 Å². The minimum Gasteiger partial charge on any atom is -0.352 e. The Hall–Kier alpha value is -1.73. The first kappa shape index (κ1) is 17.6. The zero-order valence-corrected chi connectivity index (χ0v) is 15.4. The molecule has 0 aliphatic rings. The van der Waals surface area contributed by atoms with Crippen molar-refractivity contribution in [1.82, 2.24) is 15.2 Å². The number of hydrogen-bond donors (Lipinski definition) is 1. The molecule has 5 nitrogen and oxygen atoms in total. The van der Waals surface area contributed by atoms with Gasteiger partial charge in [0.2, 0.25) is 5.91 Å². The van der Waals surface area contributed by atoms with E-state index in [1.807, 2.05) is 45.2 Å². The van der Waals surface area contributed by atoms with Gasteiger partial charge < -0.3 is 10.2 Å². The summed E-state index contributed by atoms with van der Waals surface area (Å²) in [5.41, 5.74) is 0.714. The molecule has 0 aromatic carbocycles. The van der Waals surface area contributed by atoms with Crippen LogP contribution < -0.4 is 5.32 Å². The first-order valence-electron chi connectivity index (χ1n) is 7.52. The summed E-state index contributed by atoms with van der Waals surface area (Å²) < 4.78 is 0. The third kappa shape index (κ3) is 4.39. The molecular formula is C16H21N3O2S2. The largest absolute Gasteiger partial charge is 0.352 e. The number of thiophene rings is 1. The maximum absolute atomic E-state index is 12.7. The summed E-state index contributed by atoms with van der Waals surface area (Å²) in [6.07, 6.45) is 0. The number of nitrogens with zero attached hydrogens (tertiary/aromatic N) is 2. The van der Waals surface area contributed by atoms with E-state index in [0.717, 1.165) is 9.88 Å². The van der Waals surface area contributed by atoms with Crippen LogP contribution in [0.5, 0.6) is 0 Å². The molecule has 7 heteroatoms. The van der Waals surface area contributed by atoms with Gasteiger partial charge in [0.25, 0.3) is 5.91 Å². The van der Waals surface area contributed by atoms with E-state index >= 15 is 0 Å². The Morgan fingerprint density at radius 3 is 2.70 bits per heavy atom. The number of thiazole rings is 1. The summed E-state index contributed by atoms with van der Waals surface area (Å²) in [5.74, 6) is -0.278. The lowest BCUT2D eigenvalue weighted by molar-refractivity contribution is -0.122. The molecule has 0 aliphatic carbocycles. The van der Waals surface area contributed by atoms with E-state index < -0.39 is 0 Å². The molecular weight excluding hydrogens is 330 g/mol. The van der Waals surface area contributed by atoms with E-state index in [-0.39, 0.29) is 24.4 Å². The Bertz CT molecular complexity index is 678. The monoisotopic (exact) mass is 351 g/mol. The van der Waals surface area contributed by atoms with Gasteiger partial charge in [0.1, 0.15) is 9.88 Å². The van der Waals surface area contributed by atoms with Crippen LogP contribution in [0.4, 0.5) is 0 Å². The summed E-state index contributed by atoms with van der Waals surface area (Å²) >= 11 is 2.99. The van der Waals surface area contributed by atoms with Crippen LogP contribution >= 0.6 is 22.7 Å². The Morgan fingerprint density at radius 1 is 1.39 bits per heavy atom. The molecule has 2 aromatic heterocycles. The van der Waals surface area contributed by atoms with Gasteiger partial charge in [-0.2, -0.15) is 0 Å². The molecule has 23 heavy (non-hydrogen) atoms. The molecule has 2 rings (SSSR count). The Morgan fingerprint density at radius 2 is 2.13 bits per heavy atom. The zero-order valence-electron chi connectivity index (χ0n) is 13.8. The summed E-state index contributed by atoms with van der Waals surface area (Å²) in [5, 5.41) is 5.65. The van der Waals surface area contributed by atoms with Gasteiger partial charge in [0, 0.05) is 12.6 Å². The van der Waals surface area contributed by atoms with Gasteiger partial charge in [0.15, 0.2) is 0 Å². The number of amides is 2. The lowest BCUT2D eigenvalue weighted by Crippen LogP contribution is -2.42. The Labute approximate surface area is 144 Å². The van der Waals surface area contributed by atoms with Crippen molar-refractivity contribution in [3.63, 3.8) is 0 Å². The molecule has 0 fully saturated rings. The number of nitrogens with one attached hydrogen (secondary N) is 1. The SMILES string of the molecule is CCN(CC(=O)NC(C)C)C(=O)c1sc(-c2cccs2)nc1C. The van der Waals surface area contributed by atoms with Crippen LogP contribution in [0.25, 0.3) is 9.88 Å². The van der Waals surface area contributed by atoms with E-state index in [0.29, 0.717) is 17.1 Å². The summed E-state index contributed by atoms with van der Waals surface area (Å²) in [6.45, 7) is 8.06. The second kappa shape index (κ2) is 7.70. The summed E-state index contributed by atoms with van der Waals surface area (Å²) in [6, 6.07) is 4.02. The standard InChI is InChI=1S/C16H21N3O2S2/c1-5-19(9-13(20)17-10(2)3)16(21)14-11(4)18-15(23-14)12-7-6-8-22-12/h6-8,10H,5,9H2,1-4H3,(H,17,20). The molecule has 1 N–H and O–H groups in total. The van der Waals surface area contributed by atoms with Gasteiger partial charge in [-0.3, -0.25) is 9.59 Å². The second-order valence-electron chi connectivity index (χ2n) is 5.45. The van der Waals surface area contributed by atoms with Crippen LogP contribution in [0.2, 0.25) is 0 Å². The van der Waals surface area contributed by atoms with Gasteiger partial charge in [0.05, 0.1) is 17.1 Å². The fraction of sp³-hybridized carbons (Fsp3) is 0.438. The van der Waals surface area contributed by atoms with E-state index in [1.54, 1.807) is 16.2 Å². The fourth-order valence-electron chi connectivity index (χ4n) is 2.11. The van der Waals surface area contributed by atoms with Crippen molar-refractivity contribution in [2.45, 2.75) is 33.7 Å². The van der Waals surface area contributed by atoms with Crippen molar-refractivity contribution in [2.24, 2.45) is 0 Å². The number of carbonyl (C=O) groups is 2. The first-order chi connectivity index (χ1) is 10.9. The van der Waals surface area contributed by atoms with Crippen molar-refractivity contribution < 1.29 is 9.59 Å². The van der Waals surface area contributed by atoms with Crippen LogP contribution in [-0.2, 0) is 4.79 Å². The molecule has 124 valence electrons. The minimum atomic E-state index is -0.143. The molecule has 0 aliphatic heterocycles. The molecule has 0 atom stereocenters. The molecule has 2 heterocycles. The predicted octanol–water partition coefficient (Wildman–Crippen LogP) is 3.17. The minimum absolute atomic E-state index is 0.0619. The van der Waals surface area contributed by atoms with Gasteiger partial charge in [-0.05, 0) is 39.1 Å². The van der Waals surface area contributed by atoms with Crippen LogP contribution in [0.15, 0.2) is 17.5 Å². The quantitative estimate of drug-likeness (QED) is 0.869. The highest BCUT2D eigenvalue weighted by atomic mass is 32.1. The molecule has 2 aromatic rings. The third-order valence-corrected chi connectivity index (χ3v) is 5.36. The lowest BCUT2D eigenvalue weighted by Gasteiger charge is -2.20. The van der Waals surface area contributed by atoms with Crippen molar-refractivity contribution in [1.29, 1.82) is 0 Å². The fourth-order valence-corrected chi connectivity index (χ4v) is 3.94. The molecule has 0 radical (unpaired) electrons. The number of aromatic nitrogens is 1. The van der Waals surface area contributed by atoms with E-state index in [9.17, 15) is 9.59 Å². The van der Waals surface area contributed by atoms with Gasteiger partial charge in [-0.1, -0.05) is 6.07 Å². The number of aryl methyl sites for hydroxylation is 1. The molecule has 0 saturated carbocycles. The van der Waals surface area contributed by atoms with Crippen LogP contribution in [0.3, 0.4) is 0 Å². The average molecular weight is 351 g/mol. The Balaban J connectivity index is 2.16. The van der Waals surface area contributed by atoms with Crippen LogP contribution in [0, 0.1) is 6.92 Å². The van der Waals surface area contributed by atoms with E-state index in [1.165, 1.54) is 11.3 Å². The number of rotatable bonds is 6. The summed E-state index contributed by atoms with van der Waals surface area (Å²) in [7, 11) is 0. The number of hydrogen-bond acceptors (Lipinski definition) is 5. The van der Waals surface area contributed by atoms with Crippen molar-refractivity contribution >= 4 is 34.5 Å². The number of carbonyl (C=O) groups excluding carboxylic acids is 2. The van der Waals surface area contributed by atoms with Crippen molar-refractivity contribution in [2.75, 3.05) is 13.1 Å². The highest BCUT2D eigenvalue weighted by Gasteiger charge is 2.23. The number of likely N-dealkylation sites (N-methyl/N-ethyl adjacent to an activating group) is 1. The van der Waals surface area contributed by atoms with Crippen LogP contribution in [-0.4, -0.2) is 40.8 Å². The zero-order chi connectivity index (χ0) is 17.0. The Kier molecular flexibility index (Phi) is 5.90. The average Bonchev–Trinajstić information content (AvgIpc) is 3.12. The highest BCUT2D eigenvalue weighted by molar-refractivity contribution is 7.22. The van der Waals surface area contributed by atoms with Crippen molar-refractivity contribution in [3.8, 4) is 9.88 Å². The van der Waals surface area contributed by atoms with Gasteiger partial charge in [-0.25, -0.2) is 4.98 Å². The first-order valence-corrected chi connectivity index (χ1v) is 9.22. The normalized spacial score (nSPS) is 10.8. The summed E-state index contributed by atoms with van der Waals surface area (Å²) in [4.78, 5) is 32.3. The molecule has 0 unspecified atom stereocenters. The third-order valence-electron chi connectivity index (χ3n) is 3.18.